The van der Waals surface area contributed by atoms with E-state index in [1.54, 1.807) is 7.11 Å². The third-order valence-electron chi connectivity index (χ3n) is 4.83. The largest absolute Gasteiger partial charge is 0.383 e. The number of likely N-dealkylation sites (N-methyl/N-ethyl adjacent to an activating group) is 1. The number of carbonyl (C=O) groups excluding carboxylic acids is 2. The molecule has 2 aliphatic rings. The molecular weight excluding hydrogens is 294 g/mol. The molecule has 1 atom stereocenters. The van der Waals surface area contributed by atoms with Crippen LogP contribution < -0.4 is 5.32 Å². The van der Waals surface area contributed by atoms with Gasteiger partial charge in [0.25, 0.3) is 0 Å². The number of hydrogen-bond donors (Lipinski definition) is 1. The van der Waals surface area contributed by atoms with Crippen LogP contribution in [0.2, 0.25) is 0 Å². The molecule has 0 aromatic carbocycles. The van der Waals surface area contributed by atoms with Gasteiger partial charge in [0.1, 0.15) is 0 Å². The van der Waals surface area contributed by atoms with Gasteiger partial charge in [-0.15, -0.1) is 0 Å². The van der Waals surface area contributed by atoms with Crippen molar-refractivity contribution in [2.75, 3.05) is 53.5 Å². The highest BCUT2D eigenvalue weighted by Crippen LogP contribution is 2.30. The van der Waals surface area contributed by atoms with E-state index in [0.29, 0.717) is 25.6 Å². The van der Waals surface area contributed by atoms with E-state index in [1.807, 2.05) is 11.9 Å². The number of likely N-dealkylation sites (tertiary alicyclic amines) is 1. The minimum absolute atomic E-state index is 0.0497. The van der Waals surface area contributed by atoms with Gasteiger partial charge in [-0.05, 0) is 38.3 Å². The molecule has 0 saturated carbocycles. The molecule has 0 radical (unpaired) electrons. The van der Waals surface area contributed by atoms with Gasteiger partial charge in [-0.3, -0.25) is 14.5 Å². The lowest BCUT2D eigenvalue weighted by atomic mass is 9.81. The predicted octanol–water partition coefficient (Wildman–Crippen LogP) is 0.496. The third-order valence-corrected chi connectivity index (χ3v) is 4.83. The summed E-state index contributed by atoms with van der Waals surface area (Å²) in [6.45, 7) is 4.03. The van der Waals surface area contributed by atoms with Crippen LogP contribution in [0.15, 0.2) is 12.2 Å². The summed E-state index contributed by atoms with van der Waals surface area (Å²) in [4.78, 5) is 28.3. The second-order valence-corrected chi connectivity index (χ2v) is 6.49. The second-order valence-electron chi connectivity index (χ2n) is 6.49. The number of ether oxygens (including phenoxy) is 1. The zero-order chi connectivity index (χ0) is 16.7. The normalized spacial score (nSPS) is 23.8. The van der Waals surface area contributed by atoms with Gasteiger partial charge < -0.3 is 15.0 Å². The summed E-state index contributed by atoms with van der Waals surface area (Å²) < 4.78 is 4.92. The van der Waals surface area contributed by atoms with E-state index in [1.165, 1.54) is 0 Å². The summed E-state index contributed by atoms with van der Waals surface area (Å²) in [7, 11) is 3.50. The Bertz CT molecular complexity index is 431. The van der Waals surface area contributed by atoms with Crippen molar-refractivity contribution in [2.24, 2.45) is 11.8 Å². The monoisotopic (exact) mass is 323 g/mol. The van der Waals surface area contributed by atoms with Gasteiger partial charge in [0.2, 0.25) is 11.8 Å². The highest BCUT2D eigenvalue weighted by atomic mass is 16.5. The molecule has 23 heavy (non-hydrogen) atoms. The average Bonchev–Trinajstić information content (AvgIpc) is 2.71. The summed E-state index contributed by atoms with van der Waals surface area (Å²) in [6.07, 6.45) is 7.05. The highest BCUT2D eigenvalue weighted by Gasteiger charge is 2.33. The van der Waals surface area contributed by atoms with E-state index in [-0.39, 0.29) is 17.7 Å². The van der Waals surface area contributed by atoms with Crippen LogP contribution in [0, 0.1) is 11.8 Å². The number of methoxy groups -OCH3 is 1. The van der Waals surface area contributed by atoms with Crippen LogP contribution >= 0.6 is 0 Å². The summed E-state index contributed by atoms with van der Waals surface area (Å²) >= 11 is 0. The first kappa shape index (κ1) is 17.9. The van der Waals surface area contributed by atoms with Gasteiger partial charge in [-0.2, -0.15) is 0 Å². The molecule has 2 amide bonds. The zero-order valence-corrected chi connectivity index (χ0v) is 14.3. The summed E-state index contributed by atoms with van der Waals surface area (Å²) in [5, 5.41) is 2.85. The van der Waals surface area contributed by atoms with Crippen LogP contribution in [-0.2, 0) is 14.3 Å². The van der Waals surface area contributed by atoms with Crippen molar-refractivity contribution < 1.29 is 14.3 Å². The van der Waals surface area contributed by atoms with Crippen LogP contribution in [-0.4, -0.2) is 75.1 Å². The molecule has 0 bridgehead atoms. The second kappa shape index (κ2) is 9.03. The lowest BCUT2D eigenvalue weighted by molar-refractivity contribution is -0.136. The molecular formula is C17H29N3O3. The lowest BCUT2D eigenvalue weighted by Gasteiger charge is -2.35. The fraction of sp³-hybridized carbons (Fsp3) is 0.765. The number of hydrogen-bond acceptors (Lipinski definition) is 4. The molecule has 0 unspecified atom stereocenters. The van der Waals surface area contributed by atoms with Crippen LogP contribution in [0.25, 0.3) is 0 Å². The molecule has 0 aromatic rings. The van der Waals surface area contributed by atoms with Gasteiger partial charge >= 0.3 is 0 Å². The molecule has 6 heteroatoms. The van der Waals surface area contributed by atoms with E-state index < -0.39 is 0 Å². The summed E-state index contributed by atoms with van der Waals surface area (Å²) in [6, 6.07) is 0. The van der Waals surface area contributed by atoms with Crippen molar-refractivity contribution in [3.05, 3.63) is 12.2 Å². The Labute approximate surface area is 138 Å². The molecule has 2 aliphatic heterocycles. The molecule has 1 N–H and O–H groups in total. The van der Waals surface area contributed by atoms with Crippen molar-refractivity contribution in [3.8, 4) is 0 Å². The number of rotatable bonds is 6. The molecule has 0 aromatic heterocycles. The van der Waals surface area contributed by atoms with Gasteiger partial charge in [0.15, 0.2) is 0 Å². The van der Waals surface area contributed by atoms with E-state index in [0.717, 1.165) is 38.9 Å². The van der Waals surface area contributed by atoms with E-state index in [2.05, 4.69) is 22.4 Å². The smallest absolute Gasteiger partial charge is 0.234 e. The predicted molar refractivity (Wildman–Crippen MR) is 88.9 cm³/mol. The summed E-state index contributed by atoms with van der Waals surface area (Å²) in [5.41, 5.74) is 0. The van der Waals surface area contributed by atoms with Crippen LogP contribution in [0.1, 0.15) is 19.3 Å². The maximum atomic E-state index is 12.4. The van der Waals surface area contributed by atoms with Crippen molar-refractivity contribution in [3.63, 3.8) is 0 Å². The number of piperidine rings is 1. The Kier molecular flexibility index (Phi) is 7.05. The maximum absolute atomic E-state index is 12.4. The van der Waals surface area contributed by atoms with E-state index in [4.69, 9.17) is 4.74 Å². The standard InChI is InChI=1S/C17H29N3O3/c1-19-9-4-3-5-15(17(19)22)14-6-10-20(11-7-14)13-16(21)18-8-12-23-2/h3-4,14-15H,5-13H2,1-2H3,(H,18,21)/t15-/m0/s1. The van der Waals surface area contributed by atoms with Gasteiger partial charge in [-0.1, -0.05) is 12.2 Å². The number of nitrogens with one attached hydrogen (secondary N) is 1. The molecule has 2 rings (SSSR count). The Hall–Kier alpha value is -1.40. The van der Waals surface area contributed by atoms with Crippen molar-refractivity contribution in [2.45, 2.75) is 19.3 Å². The number of carbonyl (C=O) groups is 2. The van der Waals surface area contributed by atoms with Crippen LogP contribution in [0.5, 0.6) is 0 Å². The number of nitrogens with zero attached hydrogens (tertiary/aromatic N) is 2. The van der Waals surface area contributed by atoms with Crippen molar-refractivity contribution >= 4 is 11.8 Å². The number of allylic oxidation sites excluding steroid dienone is 1. The molecule has 2 heterocycles. The summed E-state index contributed by atoms with van der Waals surface area (Å²) in [5.74, 6) is 0.858. The first-order chi connectivity index (χ1) is 11.1. The fourth-order valence-electron chi connectivity index (χ4n) is 3.41. The average molecular weight is 323 g/mol. The molecule has 1 fully saturated rings. The molecule has 0 spiro atoms. The molecule has 6 nitrogen and oxygen atoms in total. The first-order valence-corrected chi connectivity index (χ1v) is 8.49. The van der Waals surface area contributed by atoms with Gasteiger partial charge in [0, 0.05) is 33.2 Å². The van der Waals surface area contributed by atoms with Crippen molar-refractivity contribution in [1.29, 1.82) is 0 Å². The molecule has 130 valence electrons. The minimum Gasteiger partial charge on any atom is -0.383 e. The number of amides is 2. The maximum Gasteiger partial charge on any atom is 0.234 e. The molecule has 0 aliphatic carbocycles. The van der Waals surface area contributed by atoms with Crippen LogP contribution in [0.4, 0.5) is 0 Å². The lowest BCUT2D eigenvalue weighted by Crippen LogP contribution is -2.45. The Morgan fingerprint density at radius 2 is 2.09 bits per heavy atom. The minimum atomic E-state index is 0.0497. The third kappa shape index (κ3) is 5.32. The van der Waals surface area contributed by atoms with E-state index in [9.17, 15) is 9.59 Å². The van der Waals surface area contributed by atoms with Crippen molar-refractivity contribution in [1.82, 2.24) is 15.1 Å². The topological polar surface area (TPSA) is 61.9 Å². The Morgan fingerprint density at radius 1 is 1.35 bits per heavy atom. The zero-order valence-electron chi connectivity index (χ0n) is 14.3. The van der Waals surface area contributed by atoms with Crippen LogP contribution in [0.3, 0.4) is 0 Å². The SMILES string of the molecule is COCCNC(=O)CN1CCC([C@@H]2CC=CCN(C)C2=O)CC1. The van der Waals surface area contributed by atoms with E-state index >= 15 is 0 Å². The first-order valence-electron chi connectivity index (χ1n) is 8.49. The highest BCUT2D eigenvalue weighted by molar-refractivity contribution is 5.79. The van der Waals surface area contributed by atoms with Gasteiger partial charge in [0.05, 0.1) is 13.2 Å². The van der Waals surface area contributed by atoms with Gasteiger partial charge in [-0.25, -0.2) is 0 Å². The molecule has 1 saturated heterocycles. The Balaban J connectivity index is 1.76. The Morgan fingerprint density at radius 3 is 2.78 bits per heavy atom. The quantitative estimate of drug-likeness (QED) is 0.571. The fourth-order valence-corrected chi connectivity index (χ4v) is 3.41.